The van der Waals surface area contributed by atoms with Crippen LogP contribution in [-0.4, -0.2) is 68.8 Å². The first-order valence-corrected chi connectivity index (χ1v) is 12.1. The zero-order chi connectivity index (χ0) is 29.4. The van der Waals surface area contributed by atoms with Gasteiger partial charge in [-0.1, -0.05) is 6.08 Å². The predicted molar refractivity (Wildman–Crippen MR) is 137 cm³/mol. The number of allylic oxidation sites excluding steroid dienone is 2. The number of halogens is 3. The number of ether oxygens (including phenoxy) is 4. The van der Waals surface area contributed by atoms with Gasteiger partial charge in [0.1, 0.15) is 5.69 Å². The molecule has 1 saturated carbocycles. The molecule has 2 atom stereocenters. The molecule has 3 aromatic rings. The van der Waals surface area contributed by atoms with Crippen molar-refractivity contribution in [2.24, 2.45) is 5.92 Å². The molecule has 1 fully saturated rings. The third-order valence-corrected chi connectivity index (χ3v) is 6.86. The number of esters is 1. The smallest absolute Gasteiger partial charge is 0.386 e. The van der Waals surface area contributed by atoms with E-state index in [4.69, 9.17) is 18.9 Å². The topological polar surface area (TPSA) is 132 Å². The van der Waals surface area contributed by atoms with E-state index in [-0.39, 0.29) is 24.5 Å². The van der Waals surface area contributed by atoms with Gasteiger partial charge in [0.25, 0.3) is 5.91 Å². The summed E-state index contributed by atoms with van der Waals surface area (Å²) in [6.45, 7) is 0.550. The van der Waals surface area contributed by atoms with Crippen LogP contribution in [0.1, 0.15) is 50.2 Å². The number of ketones is 1. The molecule has 0 aliphatic heterocycles. The van der Waals surface area contributed by atoms with Gasteiger partial charge in [-0.15, -0.1) is 0 Å². The van der Waals surface area contributed by atoms with Crippen LogP contribution in [0.25, 0.3) is 10.9 Å². The zero-order valence-corrected chi connectivity index (χ0v) is 22.4. The minimum absolute atomic E-state index is 0.0212. The lowest BCUT2D eigenvalue weighted by Crippen LogP contribution is -2.29. The van der Waals surface area contributed by atoms with Gasteiger partial charge in [-0.2, -0.15) is 13.2 Å². The average molecular weight is 564 g/mol. The summed E-state index contributed by atoms with van der Waals surface area (Å²) in [5, 5.41) is 3.65. The fourth-order valence-electron chi connectivity index (χ4n) is 5.06. The molecular formula is C27H28F3N3O7. The number of aromatic amines is 2. The molecule has 0 radical (unpaired) electrons. The summed E-state index contributed by atoms with van der Waals surface area (Å²) < 4.78 is 52.3. The maximum atomic E-state index is 13.0. The van der Waals surface area contributed by atoms with Crippen molar-refractivity contribution in [1.29, 1.82) is 0 Å². The summed E-state index contributed by atoms with van der Waals surface area (Å²) in [7, 11) is 5.88. The molecule has 2 aromatic heterocycles. The molecule has 13 heteroatoms. The molecule has 1 spiro atoms. The molecule has 2 heterocycles. The van der Waals surface area contributed by atoms with Crippen molar-refractivity contribution in [1.82, 2.24) is 15.3 Å². The predicted octanol–water partition coefficient (Wildman–Crippen LogP) is 4.32. The average Bonchev–Trinajstić information content (AvgIpc) is 3.21. The Morgan fingerprint density at radius 1 is 1.10 bits per heavy atom. The molecule has 10 nitrogen and oxygen atoms in total. The summed E-state index contributed by atoms with van der Waals surface area (Å²) in [4.78, 5) is 43.6. The highest BCUT2D eigenvalue weighted by Gasteiger charge is 2.58. The minimum atomic E-state index is -4.00. The van der Waals surface area contributed by atoms with Crippen LogP contribution < -0.4 is 19.5 Å². The van der Waals surface area contributed by atoms with Crippen LogP contribution in [0.2, 0.25) is 0 Å². The van der Waals surface area contributed by atoms with Crippen molar-refractivity contribution in [2.45, 2.75) is 24.9 Å². The van der Waals surface area contributed by atoms with Crippen molar-refractivity contribution < 1.29 is 46.5 Å². The van der Waals surface area contributed by atoms with Crippen LogP contribution in [0.3, 0.4) is 0 Å². The number of aromatic nitrogens is 2. The van der Waals surface area contributed by atoms with E-state index in [1.54, 1.807) is 12.1 Å². The molecule has 5 rings (SSSR count). The lowest BCUT2D eigenvalue weighted by atomic mass is 9.84. The van der Waals surface area contributed by atoms with Gasteiger partial charge >= 0.3 is 12.1 Å². The Labute approximate surface area is 226 Å². The van der Waals surface area contributed by atoms with E-state index in [0.29, 0.717) is 63.6 Å². The third kappa shape index (κ3) is 5.23. The highest BCUT2D eigenvalue weighted by molar-refractivity contribution is 6.09. The summed E-state index contributed by atoms with van der Waals surface area (Å²) in [5.74, 6) is 0.426. The third-order valence-electron chi connectivity index (χ3n) is 6.86. The normalized spacial score (nSPS) is 19.0. The van der Waals surface area contributed by atoms with Gasteiger partial charge in [0.15, 0.2) is 11.5 Å². The molecule has 0 saturated heterocycles. The van der Waals surface area contributed by atoms with Crippen LogP contribution in [0.5, 0.6) is 17.2 Å². The van der Waals surface area contributed by atoms with Gasteiger partial charge in [0, 0.05) is 42.1 Å². The van der Waals surface area contributed by atoms with Gasteiger partial charge in [0.2, 0.25) is 11.5 Å². The highest BCUT2D eigenvalue weighted by Crippen LogP contribution is 2.58. The zero-order valence-electron chi connectivity index (χ0n) is 22.4. The Kier molecular flexibility index (Phi) is 7.59. The van der Waals surface area contributed by atoms with Gasteiger partial charge in [0.05, 0.1) is 45.2 Å². The van der Waals surface area contributed by atoms with Crippen molar-refractivity contribution in [3.8, 4) is 17.2 Å². The summed E-state index contributed by atoms with van der Waals surface area (Å²) in [5.41, 5.74) is 1.92. The second-order valence-corrected chi connectivity index (χ2v) is 9.36. The Balaban J connectivity index is 0.000000681. The summed E-state index contributed by atoms with van der Waals surface area (Å²) >= 11 is 0. The fraction of sp³-hybridized carbons (Fsp3) is 0.370. The van der Waals surface area contributed by atoms with Crippen LogP contribution in [0.4, 0.5) is 13.2 Å². The molecule has 1 amide bonds. The number of fused-ring (bicyclic) bond motifs is 3. The lowest BCUT2D eigenvalue weighted by molar-refractivity contribution is -0.110. The second-order valence-electron chi connectivity index (χ2n) is 9.36. The Morgan fingerprint density at radius 2 is 1.77 bits per heavy atom. The van der Waals surface area contributed by atoms with E-state index in [1.807, 2.05) is 6.08 Å². The largest absolute Gasteiger partial charge is 0.493 e. The SMILES string of the molecule is CC(F)(F)F.COC(=O)c1c[nH]c2c1C1(C=CC2=O)CC1CNC(=O)c1cc2c(OC)c(OC)c(OC)cc2[nH]1. The Hall–Kier alpha value is -4.42. The number of H-pyrrole nitrogens is 2. The van der Waals surface area contributed by atoms with Crippen LogP contribution in [0.15, 0.2) is 30.5 Å². The van der Waals surface area contributed by atoms with Crippen molar-refractivity contribution >= 4 is 28.6 Å². The van der Waals surface area contributed by atoms with Gasteiger partial charge in [-0.3, -0.25) is 9.59 Å². The number of hydrogen-bond acceptors (Lipinski definition) is 7. The number of hydrogen-bond donors (Lipinski definition) is 3. The molecule has 2 unspecified atom stereocenters. The highest BCUT2D eigenvalue weighted by atomic mass is 19.4. The number of rotatable bonds is 7. The Morgan fingerprint density at radius 3 is 2.38 bits per heavy atom. The fourth-order valence-corrected chi connectivity index (χ4v) is 5.06. The van der Waals surface area contributed by atoms with Crippen LogP contribution in [-0.2, 0) is 10.2 Å². The molecule has 2 aliphatic rings. The molecule has 40 heavy (non-hydrogen) atoms. The Bertz CT molecular complexity index is 1500. The van der Waals surface area contributed by atoms with Gasteiger partial charge in [-0.25, -0.2) is 4.79 Å². The van der Waals surface area contributed by atoms with E-state index in [9.17, 15) is 27.6 Å². The number of alkyl halides is 3. The number of nitrogens with one attached hydrogen (secondary N) is 3. The monoisotopic (exact) mass is 563 g/mol. The number of carbonyl (C=O) groups is 3. The first-order chi connectivity index (χ1) is 18.9. The maximum Gasteiger partial charge on any atom is 0.386 e. The van der Waals surface area contributed by atoms with E-state index in [0.717, 1.165) is 0 Å². The minimum Gasteiger partial charge on any atom is -0.493 e. The molecular weight excluding hydrogens is 535 g/mol. The van der Waals surface area contributed by atoms with Crippen molar-refractivity contribution in [2.75, 3.05) is 35.0 Å². The van der Waals surface area contributed by atoms with Crippen molar-refractivity contribution in [3.63, 3.8) is 0 Å². The van der Waals surface area contributed by atoms with Crippen LogP contribution >= 0.6 is 0 Å². The summed E-state index contributed by atoms with van der Waals surface area (Å²) in [6, 6.07) is 3.45. The van der Waals surface area contributed by atoms with E-state index < -0.39 is 17.6 Å². The molecule has 3 N–H and O–H groups in total. The van der Waals surface area contributed by atoms with Crippen LogP contribution in [0, 0.1) is 5.92 Å². The van der Waals surface area contributed by atoms with Gasteiger partial charge < -0.3 is 34.2 Å². The van der Waals surface area contributed by atoms with Gasteiger partial charge in [-0.05, 0) is 24.5 Å². The molecule has 1 aromatic carbocycles. The quantitative estimate of drug-likeness (QED) is 0.365. The van der Waals surface area contributed by atoms with E-state index in [2.05, 4.69) is 15.3 Å². The number of benzene rings is 1. The molecule has 214 valence electrons. The number of carbonyl (C=O) groups excluding carboxylic acids is 3. The first-order valence-electron chi connectivity index (χ1n) is 12.1. The van der Waals surface area contributed by atoms with E-state index in [1.165, 1.54) is 40.7 Å². The number of methoxy groups -OCH3 is 4. The first kappa shape index (κ1) is 28.6. The maximum absolute atomic E-state index is 13.0. The summed E-state index contributed by atoms with van der Waals surface area (Å²) in [6.07, 6.45) is 1.56. The number of amides is 1. The lowest BCUT2D eigenvalue weighted by Gasteiger charge is -2.19. The second kappa shape index (κ2) is 10.6. The molecule has 0 bridgehead atoms. The van der Waals surface area contributed by atoms with E-state index >= 15 is 0 Å². The standard InChI is InChI=1S/C25H25N3O7.C2H3F3/c1-32-18-8-15-13(21(33-2)22(18)34-3)7-16(28-15)23(30)27-10-12-9-25(12)6-5-17(29)20-19(25)14(11-26-20)24(31)35-4;1-2(3,4)5/h5-8,11-12,26,28H,9-10H2,1-4H3,(H,27,30);1H3. The van der Waals surface area contributed by atoms with Crippen molar-refractivity contribution in [3.05, 3.63) is 53.0 Å². The molecule has 2 aliphatic carbocycles.